The summed E-state index contributed by atoms with van der Waals surface area (Å²) in [5, 5.41) is 12.1. The van der Waals surface area contributed by atoms with Gasteiger partial charge < -0.3 is 24.3 Å². The normalized spacial score (nSPS) is 12.3. The Bertz CT molecular complexity index is 1200. The van der Waals surface area contributed by atoms with Crippen LogP contribution in [-0.4, -0.2) is 41.1 Å². The Morgan fingerprint density at radius 1 is 0.824 bits per heavy atom. The Morgan fingerprint density at radius 2 is 1.35 bits per heavy atom. The topological polar surface area (TPSA) is 132 Å². The van der Waals surface area contributed by atoms with Crippen molar-refractivity contribution >= 4 is 47.0 Å². The van der Waals surface area contributed by atoms with Crippen LogP contribution in [0.3, 0.4) is 0 Å². The second-order valence-electron chi connectivity index (χ2n) is 6.75. The minimum atomic E-state index is -2.20. The summed E-state index contributed by atoms with van der Waals surface area (Å²) < 4.78 is 15.3. The van der Waals surface area contributed by atoms with Crippen LogP contribution in [0.2, 0.25) is 10.0 Å². The van der Waals surface area contributed by atoms with Gasteiger partial charge in [0.05, 0.1) is 34.0 Å². The molecule has 1 aromatic heterocycles. The maximum Gasteiger partial charge on any atom is 0.349 e. The minimum Gasteiger partial charge on any atom is -0.478 e. The van der Waals surface area contributed by atoms with Crippen LogP contribution in [0.1, 0.15) is 26.5 Å². The molecule has 9 nitrogen and oxygen atoms in total. The number of esters is 2. The molecule has 1 heterocycles. The van der Waals surface area contributed by atoms with E-state index in [0.717, 1.165) is 0 Å². The number of carbonyl (C=O) groups is 4. The van der Waals surface area contributed by atoms with Gasteiger partial charge in [-0.3, -0.25) is 4.79 Å². The molecule has 2 N–H and O–H groups in total. The van der Waals surface area contributed by atoms with Crippen molar-refractivity contribution in [3.05, 3.63) is 93.9 Å². The van der Waals surface area contributed by atoms with Gasteiger partial charge in [-0.1, -0.05) is 47.5 Å². The first-order valence-corrected chi connectivity index (χ1v) is 10.5. The number of nitrogens with one attached hydrogen (secondary N) is 1. The van der Waals surface area contributed by atoms with Crippen LogP contribution >= 0.6 is 23.2 Å². The quantitative estimate of drug-likeness (QED) is 0.420. The van der Waals surface area contributed by atoms with Gasteiger partial charge in [0.25, 0.3) is 5.91 Å². The minimum absolute atomic E-state index is 0.00326. The molecule has 2 atom stereocenters. The summed E-state index contributed by atoms with van der Waals surface area (Å²) in [6, 6.07) is 14.7. The molecule has 2 aromatic carbocycles. The third kappa shape index (κ3) is 6.15. The van der Waals surface area contributed by atoms with Crippen LogP contribution in [0.15, 0.2) is 71.3 Å². The number of amides is 1. The number of carboxylic acid groups (broad SMARTS) is 1. The molecular weight excluding hydrogens is 489 g/mol. The van der Waals surface area contributed by atoms with Crippen molar-refractivity contribution in [1.82, 2.24) is 5.32 Å². The number of rotatable bonds is 9. The van der Waals surface area contributed by atoms with Crippen LogP contribution in [0.4, 0.5) is 0 Å². The van der Waals surface area contributed by atoms with E-state index in [9.17, 15) is 24.3 Å². The fourth-order valence-electron chi connectivity index (χ4n) is 2.79. The molecule has 0 spiro atoms. The van der Waals surface area contributed by atoms with Crippen molar-refractivity contribution in [2.75, 3.05) is 0 Å². The molecule has 1 amide bonds. The Morgan fingerprint density at radius 3 is 1.82 bits per heavy atom. The molecule has 0 unspecified atom stereocenters. The third-order valence-electron chi connectivity index (χ3n) is 4.45. The maximum absolute atomic E-state index is 12.9. The van der Waals surface area contributed by atoms with Crippen LogP contribution in [0, 0.1) is 0 Å². The molecule has 176 valence electrons. The number of carboxylic acids is 1. The molecule has 0 aliphatic rings. The van der Waals surface area contributed by atoms with Crippen LogP contribution in [0.5, 0.6) is 0 Å². The summed E-state index contributed by atoms with van der Waals surface area (Å²) in [4.78, 5) is 50.1. The van der Waals surface area contributed by atoms with Gasteiger partial charge in [-0.05, 0) is 36.4 Å². The Hall–Kier alpha value is -3.82. The zero-order valence-electron chi connectivity index (χ0n) is 17.3. The van der Waals surface area contributed by atoms with Crippen LogP contribution in [-0.2, 0) is 25.6 Å². The average Bonchev–Trinajstić information content (AvgIpc) is 3.33. The second kappa shape index (κ2) is 11.4. The van der Waals surface area contributed by atoms with Gasteiger partial charge >= 0.3 is 17.9 Å². The van der Waals surface area contributed by atoms with Crippen LogP contribution < -0.4 is 5.32 Å². The number of hydrogen-bond acceptors (Lipinski definition) is 7. The highest BCUT2D eigenvalue weighted by atomic mass is 35.5. The summed E-state index contributed by atoms with van der Waals surface area (Å²) in [7, 11) is 0. The molecule has 0 radical (unpaired) electrons. The fraction of sp³-hybridized carbons (Fsp3) is 0.130. The van der Waals surface area contributed by atoms with Crippen molar-refractivity contribution in [2.45, 2.75) is 18.8 Å². The van der Waals surface area contributed by atoms with E-state index in [4.69, 9.17) is 37.1 Å². The van der Waals surface area contributed by atoms with E-state index in [1.54, 1.807) is 24.3 Å². The zero-order valence-corrected chi connectivity index (χ0v) is 18.8. The molecule has 11 heteroatoms. The molecule has 3 rings (SSSR count). The number of ether oxygens (including phenoxy) is 2. The van der Waals surface area contributed by atoms with Crippen molar-refractivity contribution in [2.24, 2.45) is 0 Å². The fourth-order valence-corrected chi connectivity index (χ4v) is 3.22. The molecule has 0 fully saturated rings. The summed E-state index contributed by atoms with van der Waals surface area (Å²) in [6.45, 7) is -0.142. The molecule has 3 aromatic rings. The predicted molar refractivity (Wildman–Crippen MR) is 120 cm³/mol. The third-order valence-corrected chi connectivity index (χ3v) is 5.11. The smallest absolute Gasteiger partial charge is 0.349 e. The predicted octanol–water partition coefficient (Wildman–Crippen LogP) is 3.74. The van der Waals surface area contributed by atoms with E-state index in [-0.39, 0.29) is 27.7 Å². The number of carbonyl (C=O) groups excluding carboxylic acids is 3. The molecule has 34 heavy (non-hydrogen) atoms. The van der Waals surface area contributed by atoms with E-state index in [2.05, 4.69) is 5.32 Å². The standard InChI is InChI=1S/C23H17Cl2NO8/c24-16-9-3-1-7-14(16)22(30)33-18(20(27)26-12-13-6-5-11-32-13)19(21(28)29)34-23(31)15-8-2-4-10-17(15)25/h1-11,18-19H,12H2,(H,26,27)(H,28,29)/t18-,19+/m0/s1. The Balaban J connectivity index is 1.88. The second-order valence-corrected chi connectivity index (χ2v) is 7.56. The highest BCUT2D eigenvalue weighted by Crippen LogP contribution is 2.21. The van der Waals surface area contributed by atoms with Gasteiger partial charge in [-0.25, -0.2) is 14.4 Å². The lowest BCUT2D eigenvalue weighted by molar-refractivity contribution is -0.159. The summed E-state index contributed by atoms with van der Waals surface area (Å²) in [5.74, 6) is -4.65. The molecule has 0 bridgehead atoms. The van der Waals surface area contributed by atoms with Crippen molar-refractivity contribution in [3.63, 3.8) is 0 Å². The van der Waals surface area contributed by atoms with E-state index in [1.165, 1.54) is 42.7 Å². The number of halogens is 2. The monoisotopic (exact) mass is 505 g/mol. The first kappa shape index (κ1) is 24.8. The summed E-state index contributed by atoms with van der Waals surface area (Å²) in [6.07, 6.45) is -2.89. The van der Waals surface area contributed by atoms with Gasteiger partial charge in [-0.15, -0.1) is 0 Å². The highest BCUT2D eigenvalue weighted by Gasteiger charge is 2.41. The van der Waals surface area contributed by atoms with Crippen molar-refractivity contribution in [3.8, 4) is 0 Å². The summed E-state index contributed by atoms with van der Waals surface area (Å²) in [5.41, 5.74) is -0.253. The van der Waals surface area contributed by atoms with Crippen molar-refractivity contribution < 1.29 is 38.2 Å². The highest BCUT2D eigenvalue weighted by molar-refractivity contribution is 6.34. The maximum atomic E-state index is 12.9. The van der Waals surface area contributed by atoms with Crippen molar-refractivity contribution in [1.29, 1.82) is 0 Å². The summed E-state index contributed by atoms with van der Waals surface area (Å²) >= 11 is 12.0. The van der Waals surface area contributed by atoms with Gasteiger partial charge in [-0.2, -0.15) is 0 Å². The average molecular weight is 506 g/mol. The van der Waals surface area contributed by atoms with E-state index in [1.807, 2.05) is 0 Å². The van der Waals surface area contributed by atoms with E-state index in [0.29, 0.717) is 5.76 Å². The van der Waals surface area contributed by atoms with Gasteiger partial charge in [0.15, 0.2) is 0 Å². The number of furan rings is 1. The van der Waals surface area contributed by atoms with Gasteiger partial charge in [0, 0.05) is 0 Å². The lowest BCUT2D eigenvalue weighted by atomic mass is 10.1. The van der Waals surface area contributed by atoms with Gasteiger partial charge in [0.2, 0.25) is 12.2 Å². The van der Waals surface area contributed by atoms with E-state index >= 15 is 0 Å². The van der Waals surface area contributed by atoms with Crippen LogP contribution in [0.25, 0.3) is 0 Å². The first-order valence-electron chi connectivity index (χ1n) is 9.72. The number of aliphatic carboxylic acids is 1. The van der Waals surface area contributed by atoms with E-state index < -0.39 is 36.0 Å². The molecular formula is C23H17Cl2NO8. The van der Waals surface area contributed by atoms with Gasteiger partial charge in [0.1, 0.15) is 5.76 Å². The molecule has 0 saturated carbocycles. The first-order chi connectivity index (χ1) is 16.3. The Kier molecular flexibility index (Phi) is 8.29. The Labute approximate surface area is 203 Å². The lowest BCUT2D eigenvalue weighted by Crippen LogP contribution is -2.50. The zero-order chi connectivity index (χ0) is 24.7. The molecule has 0 aliphatic heterocycles. The largest absolute Gasteiger partial charge is 0.478 e. The number of benzene rings is 2. The lowest BCUT2D eigenvalue weighted by Gasteiger charge is -2.23. The molecule has 0 aliphatic carbocycles. The SMILES string of the molecule is O=C(O[C@H](C(=O)NCc1ccco1)[C@@H](OC(=O)c1ccccc1Cl)C(=O)O)c1ccccc1Cl. The number of hydrogen-bond donors (Lipinski definition) is 2. The molecule has 0 saturated heterocycles.